The van der Waals surface area contributed by atoms with Gasteiger partial charge in [0, 0.05) is 41.2 Å². The average molecular weight is 442 g/mol. The van der Waals surface area contributed by atoms with Gasteiger partial charge >= 0.3 is 0 Å². The summed E-state index contributed by atoms with van der Waals surface area (Å²) in [4.78, 5) is 2.39. The summed E-state index contributed by atoms with van der Waals surface area (Å²) in [6.07, 6.45) is -0.105. The molecule has 0 radical (unpaired) electrons. The molecule has 0 aliphatic carbocycles. The minimum Gasteiger partial charge on any atom is -0.396 e. The minimum absolute atomic E-state index is 0.000951. The number of benzene rings is 3. The normalized spacial score (nSPS) is 18.3. The van der Waals surface area contributed by atoms with Gasteiger partial charge in [0.1, 0.15) is 0 Å². The highest BCUT2D eigenvalue weighted by Gasteiger charge is 2.30. The predicted molar refractivity (Wildman–Crippen MR) is 123 cm³/mol. The molecule has 2 atom stereocenters. The Morgan fingerprint density at radius 3 is 2.53 bits per heavy atom. The Bertz CT molecular complexity index is 980. The average Bonchev–Trinajstić information content (AvgIpc) is 2.77. The van der Waals surface area contributed by atoms with E-state index >= 15 is 0 Å². The quantitative estimate of drug-likeness (QED) is 0.537. The SMILES string of the molecule is OCC(c1ccccc1-c1cc(Cl)ccc1Cl)C1CN(Cc2ccccc2)CCO1. The van der Waals surface area contributed by atoms with Crippen molar-refractivity contribution < 1.29 is 9.84 Å². The van der Waals surface area contributed by atoms with Gasteiger partial charge in [-0.15, -0.1) is 0 Å². The minimum atomic E-state index is -0.158. The van der Waals surface area contributed by atoms with Crippen LogP contribution in [0.5, 0.6) is 0 Å². The molecule has 3 aromatic rings. The molecule has 3 aromatic carbocycles. The number of halogens is 2. The van der Waals surface area contributed by atoms with Crippen molar-refractivity contribution in [2.75, 3.05) is 26.3 Å². The first kappa shape index (κ1) is 21.4. The Morgan fingerprint density at radius 1 is 0.967 bits per heavy atom. The summed E-state index contributed by atoms with van der Waals surface area (Å²) in [5.41, 5.74) is 4.16. The lowest BCUT2D eigenvalue weighted by atomic mass is 9.86. The van der Waals surface area contributed by atoms with Crippen LogP contribution in [-0.2, 0) is 11.3 Å². The second kappa shape index (κ2) is 9.95. The standard InChI is InChI=1S/C25H25Cl2NO2/c26-19-10-11-24(27)22(14-19)20-8-4-5-9-21(20)23(17-29)25-16-28(12-13-30-25)15-18-6-2-1-3-7-18/h1-11,14,23,25,29H,12-13,15-17H2. The van der Waals surface area contributed by atoms with E-state index in [0.29, 0.717) is 16.7 Å². The van der Waals surface area contributed by atoms with E-state index in [2.05, 4.69) is 29.2 Å². The first-order chi connectivity index (χ1) is 14.7. The Morgan fingerprint density at radius 2 is 1.73 bits per heavy atom. The van der Waals surface area contributed by atoms with Crippen molar-refractivity contribution in [3.63, 3.8) is 0 Å². The van der Waals surface area contributed by atoms with Crippen molar-refractivity contribution in [3.8, 4) is 11.1 Å². The van der Waals surface area contributed by atoms with Crippen molar-refractivity contribution in [2.45, 2.75) is 18.6 Å². The summed E-state index contributed by atoms with van der Waals surface area (Å²) in [5, 5.41) is 11.6. The fraction of sp³-hybridized carbons (Fsp3) is 0.280. The van der Waals surface area contributed by atoms with Gasteiger partial charge < -0.3 is 9.84 Å². The molecule has 156 valence electrons. The summed E-state index contributed by atoms with van der Waals surface area (Å²) < 4.78 is 6.14. The fourth-order valence-electron chi connectivity index (χ4n) is 4.15. The van der Waals surface area contributed by atoms with Gasteiger partial charge in [-0.3, -0.25) is 4.90 Å². The lowest BCUT2D eigenvalue weighted by molar-refractivity contribution is -0.0520. The van der Waals surface area contributed by atoms with Gasteiger partial charge in [0.15, 0.2) is 0 Å². The number of rotatable bonds is 6. The second-order valence-electron chi connectivity index (χ2n) is 7.63. The number of hydrogen-bond donors (Lipinski definition) is 1. The zero-order valence-electron chi connectivity index (χ0n) is 16.7. The molecule has 1 N–H and O–H groups in total. The summed E-state index contributed by atoms with van der Waals surface area (Å²) in [7, 11) is 0. The van der Waals surface area contributed by atoms with E-state index < -0.39 is 0 Å². The number of hydrogen-bond acceptors (Lipinski definition) is 3. The third kappa shape index (κ3) is 4.88. The maximum Gasteiger partial charge on any atom is 0.0793 e. The van der Waals surface area contributed by atoms with Crippen LogP contribution < -0.4 is 0 Å². The Kier molecular flexibility index (Phi) is 7.08. The molecule has 5 heteroatoms. The van der Waals surface area contributed by atoms with E-state index in [9.17, 15) is 5.11 Å². The van der Waals surface area contributed by atoms with Crippen LogP contribution in [0.1, 0.15) is 17.0 Å². The van der Waals surface area contributed by atoms with Crippen LogP contribution in [0.25, 0.3) is 11.1 Å². The lowest BCUT2D eigenvalue weighted by Gasteiger charge is -2.37. The van der Waals surface area contributed by atoms with Crippen LogP contribution >= 0.6 is 23.2 Å². The predicted octanol–water partition coefficient (Wildman–Crippen LogP) is 5.64. The largest absolute Gasteiger partial charge is 0.396 e. The molecule has 1 fully saturated rings. The maximum absolute atomic E-state index is 10.3. The topological polar surface area (TPSA) is 32.7 Å². The number of aliphatic hydroxyl groups is 1. The molecule has 0 bridgehead atoms. The van der Waals surface area contributed by atoms with Crippen LogP contribution in [0.3, 0.4) is 0 Å². The first-order valence-corrected chi connectivity index (χ1v) is 10.9. The Balaban J connectivity index is 1.60. The first-order valence-electron chi connectivity index (χ1n) is 10.2. The third-order valence-corrected chi connectivity index (χ3v) is 6.22. The zero-order chi connectivity index (χ0) is 20.9. The van der Waals surface area contributed by atoms with Gasteiger partial charge in [-0.1, -0.05) is 77.8 Å². The molecule has 30 heavy (non-hydrogen) atoms. The summed E-state index contributed by atoms with van der Waals surface area (Å²) in [5.74, 6) is -0.158. The van der Waals surface area contributed by atoms with E-state index in [4.69, 9.17) is 27.9 Å². The van der Waals surface area contributed by atoms with Crippen molar-refractivity contribution in [3.05, 3.63) is 94.0 Å². The molecule has 0 saturated carbocycles. The van der Waals surface area contributed by atoms with Crippen LogP contribution in [0.4, 0.5) is 0 Å². The Labute approximate surface area is 187 Å². The monoisotopic (exact) mass is 441 g/mol. The van der Waals surface area contributed by atoms with Gasteiger partial charge in [-0.2, -0.15) is 0 Å². The third-order valence-electron chi connectivity index (χ3n) is 5.65. The van der Waals surface area contributed by atoms with Crippen LogP contribution in [-0.4, -0.2) is 42.4 Å². The smallest absolute Gasteiger partial charge is 0.0793 e. The summed E-state index contributed by atoms with van der Waals surface area (Å²) in [6.45, 7) is 3.16. The van der Waals surface area contributed by atoms with E-state index in [-0.39, 0.29) is 18.6 Å². The van der Waals surface area contributed by atoms with Crippen LogP contribution in [0.15, 0.2) is 72.8 Å². The summed E-state index contributed by atoms with van der Waals surface area (Å²) >= 11 is 12.7. The number of aliphatic hydroxyl groups excluding tert-OH is 1. The van der Waals surface area contributed by atoms with Crippen LogP contribution in [0, 0.1) is 0 Å². The molecular weight excluding hydrogens is 417 g/mol. The van der Waals surface area contributed by atoms with Gasteiger partial charge in [-0.25, -0.2) is 0 Å². The fourth-order valence-corrected chi connectivity index (χ4v) is 4.54. The van der Waals surface area contributed by atoms with Crippen molar-refractivity contribution >= 4 is 23.2 Å². The lowest BCUT2D eigenvalue weighted by Crippen LogP contribution is -2.45. The molecule has 0 amide bonds. The molecule has 3 nitrogen and oxygen atoms in total. The van der Waals surface area contributed by atoms with Crippen molar-refractivity contribution in [1.29, 1.82) is 0 Å². The second-order valence-corrected chi connectivity index (χ2v) is 8.47. The highest BCUT2D eigenvalue weighted by Crippen LogP contribution is 2.37. The molecule has 1 aliphatic heterocycles. The maximum atomic E-state index is 10.3. The molecule has 4 rings (SSSR count). The Hall–Kier alpha value is -1.88. The van der Waals surface area contributed by atoms with E-state index in [1.807, 2.05) is 42.5 Å². The molecule has 0 spiro atoms. The van der Waals surface area contributed by atoms with Crippen molar-refractivity contribution in [1.82, 2.24) is 4.90 Å². The van der Waals surface area contributed by atoms with Gasteiger partial charge in [0.25, 0.3) is 0 Å². The molecule has 2 unspecified atom stereocenters. The van der Waals surface area contributed by atoms with Gasteiger partial charge in [0.2, 0.25) is 0 Å². The van der Waals surface area contributed by atoms with E-state index in [0.717, 1.165) is 36.3 Å². The highest BCUT2D eigenvalue weighted by molar-refractivity contribution is 6.35. The van der Waals surface area contributed by atoms with Crippen molar-refractivity contribution in [2.24, 2.45) is 0 Å². The molecule has 1 heterocycles. The number of ether oxygens (including phenoxy) is 1. The molecule has 1 aliphatic rings. The zero-order valence-corrected chi connectivity index (χ0v) is 18.2. The van der Waals surface area contributed by atoms with E-state index in [1.54, 1.807) is 6.07 Å². The summed E-state index contributed by atoms with van der Waals surface area (Å²) in [6, 6.07) is 24.0. The molecular formula is C25H25Cl2NO2. The van der Waals surface area contributed by atoms with Crippen LogP contribution in [0.2, 0.25) is 10.0 Å². The van der Waals surface area contributed by atoms with Gasteiger partial charge in [-0.05, 0) is 34.9 Å². The molecule has 0 aromatic heterocycles. The highest BCUT2D eigenvalue weighted by atomic mass is 35.5. The van der Waals surface area contributed by atoms with E-state index in [1.165, 1.54) is 5.56 Å². The number of morpholine rings is 1. The molecule has 1 saturated heterocycles. The van der Waals surface area contributed by atoms with Gasteiger partial charge in [0.05, 0.1) is 19.3 Å². The number of nitrogens with zero attached hydrogens (tertiary/aromatic N) is 1.